The number of halogens is 1. The minimum atomic E-state index is -1.22. The van der Waals surface area contributed by atoms with Crippen LogP contribution in [0.25, 0.3) is 21.6 Å². The van der Waals surface area contributed by atoms with E-state index in [2.05, 4.69) is 18.2 Å². The van der Waals surface area contributed by atoms with Crippen LogP contribution in [0.15, 0.2) is 84.2 Å². The molecule has 1 aromatic heterocycles. The molecule has 3 aromatic carbocycles. The lowest BCUT2D eigenvalue weighted by Crippen LogP contribution is -2.27. The van der Waals surface area contributed by atoms with E-state index in [-0.39, 0.29) is 0 Å². The van der Waals surface area contributed by atoms with Crippen molar-refractivity contribution >= 4 is 22.9 Å². The van der Waals surface area contributed by atoms with Crippen LogP contribution >= 0.6 is 22.9 Å². The zero-order valence-corrected chi connectivity index (χ0v) is 15.4. The standard InChI is InChI=1S/C23H15ClOS/c24-15-11-12-18(22-10-5-13-26-22)21(14-15)23(25)19-8-3-1-6-16(19)17-7-2-4-9-20(17)23/h1-14,25H. The van der Waals surface area contributed by atoms with Crippen molar-refractivity contribution in [1.29, 1.82) is 0 Å². The lowest BCUT2D eigenvalue weighted by Gasteiger charge is -2.29. The summed E-state index contributed by atoms with van der Waals surface area (Å²) in [5, 5.41) is 14.8. The molecule has 1 N–H and O–H groups in total. The highest BCUT2D eigenvalue weighted by atomic mass is 35.5. The molecule has 0 amide bonds. The van der Waals surface area contributed by atoms with Crippen LogP contribution in [0.1, 0.15) is 16.7 Å². The van der Waals surface area contributed by atoms with Gasteiger partial charge >= 0.3 is 0 Å². The second-order valence-electron chi connectivity index (χ2n) is 6.47. The second-order valence-corrected chi connectivity index (χ2v) is 7.85. The Bertz CT molecular complexity index is 1070. The first-order chi connectivity index (χ1) is 12.7. The van der Waals surface area contributed by atoms with E-state index < -0.39 is 5.60 Å². The van der Waals surface area contributed by atoms with Gasteiger partial charge in [-0.2, -0.15) is 0 Å². The van der Waals surface area contributed by atoms with Crippen molar-refractivity contribution < 1.29 is 5.11 Å². The molecule has 0 saturated heterocycles. The third kappa shape index (κ3) is 2.13. The molecule has 1 aliphatic carbocycles. The van der Waals surface area contributed by atoms with Crippen LogP contribution in [-0.2, 0) is 5.60 Å². The molecule has 0 bridgehead atoms. The Labute approximate surface area is 161 Å². The average Bonchev–Trinajstić information content (AvgIpc) is 3.29. The van der Waals surface area contributed by atoms with Crippen molar-refractivity contribution in [1.82, 2.24) is 0 Å². The normalized spacial score (nSPS) is 14.1. The summed E-state index contributed by atoms with van der Waals surface area (Å²) >= 11 is 8.03. The van der Waals surface area contributed by atoms with Gasteiger partial charge in [0, 0.05) is 26.6 Å². The summed E-state index contributed by atoms with van der Waals surface area (Å²) in [6.07, 6.45) is 0. The Balaban J connectivity index is 1.88. The monoisotopic (exact) mass is 374 g/mol. The fourth-order valence-corrected chi connectivity index (χ4v) is 4.90. The minimum absolute atomic E-state index is 0.621. The summed E-state index contributed by atoms with van der Waals surface area (Å²) in [5.74, 6) is 0. The largest absolute Gasteiger partial charge is 0.376 e. The molecule has 1 heterocycles. The zero-order chi connectivity index (χ0) is 17.7. The SMILES string of the molecule is OC1(c2cc(Cl)ccc2-c2cccs2)c2ccccc2-c2ccccc21. The predicted octanol–water partition coefficient (Wildman–Crippen LogP) is 6.33. The van der Waals surface area contributed by atoms with Crippen LogP contribution in [0.3, 0.4) is 0 Å². The molecule has 26 heavy (non-hydrogen) atoms. The van der Waals surface area contributed by atoms with Crippen molar-refractivity contribution in [2.75, 3.05) is 0 Å². The van der Waals surface area contributed by atoms with Crippen molar-refractivity contribution in [3.8, 4) is 21.6 Å². The molecule has 0 atom stereocenters. The van der Waals surface area contributed by atoms with Crippen LogP contribution < -0.4 is 0 Å². The Hall–Kier alpha value is -2.39. The van der Waals surface area contributed by atoms with Gasteiger partial charge in [0.1, 0.15) is 5.60 Å². The van der Waals surface area contributed by atoms with Crippen LogP contribution in [-0.4, -0.2) is 5.11 Å². The van der Waals surface area contributed by atoms with Crippen LogP contribution in [0.2, 0.25) is 5.02 Å². The summed E-state index contributed by atoms with van der Waals surface area (Å²) < 4.78 is 0. The van der Waals surface area contributed by atoms with Crippen LogP contribution in [0, 0.1) is 0 Å². The first-order valence-corrected chi connectivity index (χ1v) is 9.71. The third-order valence-electron chi connectivity index (χ3n) is 5.08. The van der Waals surface area contributed by atoms with Crippen molar-refractivity contribution in [3.05, 3.63) is 106 Å². The Morgan fingerprint density at radius 2 is 1.35 bits per heavy atom. The molecule has 0 fully saturated rings. The summed E-state index contributed by atoms with van der Waals surface area (Å²) in [6.45, 7) is 0. The van der Waals surface area contributed by atoms with E-state index in [9.17, 15) is 5.11 Å². The Morgan fingerprint density at radius 3 is 1.96 bits per heavy atom. The summed E-state index contributed by atoms with van der Waals surface area (Å²) in [7, 11) is 0. The highest BCUT2D eigenvalue weighted by Crippen LogP contribution is 2.53. The van der Waals surface area contributed by atoms with Gasteiger partial charge in [-0.25, -0.2) is 0 Å². The number of fused-ring (bicyclic) bond motifs is 3. The van der Waals surface area contributed by atoms with Gasteiger partial charge in [-0.1, -0.05) is 72.3 Å². The van der Waals surface area contributed by atoms with E-state index in [4.69, 9.17) is 11.6 Å². The van der Waals surface area contributed by atoms with E-state index in [0.29, 0.717) is 5.02 Å². The highest BCUT2D eigenvalue weighted by Gasteiger charge is 2.44. The Morgan fingerprint density at radius 1 is 0.692 bits per heavy atom. The molecule has 0 unspecified atom stereocenters. The van der Waals surface area contributed by atoms with Gasteiger partial charge < -0.3 is 5.11 Å². The molecule has 0 radical (unpaired) electrons. The van der Waals surface area contributed by atoms with Crippen LogP contribution in [0.5, 0.6) is 0 Å². The van der Waals surface area contributed by atoms with Gasteiger partial charge in [0.25, 0.3) is 0 Å². The molecule has 1 aliphatic rings. The van der Waals surface area contributed by atoms with Crippen molar-refractivity contribution in [3.63, 3.8) is 0 Å². The highest BCUT2D eigenvalue weighted by molar-refractivity contribution is 7.13. The molecular formula is C23H15ClOS. The molecule has 1 nitrogen and oxygen atoms in total. The maximum Gasteiger partial charge on any atom is 0.142 e. The number of aliphatic hydroxyl groups is 1. The van der Waals surface area contributed by atoms with E-state index in [1.165, 1.54) is 0 Å². The molecule has 3 heteroatoms. The van der Waals surface area contributed by atoms with Gasteiger partial charge in [-0.05, 0) is 40.3 Å². The van der Waals surface area contributed by atoms with E-state index >= 15 is 0 Å². The molecule has 4 aromatic rings. The van der Waals surface area contributed by atoms with Gasteiger partial charge in [-0.3, -0.25) is 0 Å². The van der Waals surface area contributed by atoms with Crippen molar-refractivity contribution in [2.24, 2.45) is 0 Å². The molecule has 0 spiro atoms. The smallest absolute Gasteiger partial charge is 0.142 e. The summed E-state index contributed by atoms with van der Waals surface area (Å²) in [6, 6.07) is 26.0. The quantitative estimate of drug-likeness (QED) is 0.434. The van der Waals surface area contributed by atoms with E-state index in [0.717, 1.165) is 38.3 Å². The first kappa shape index (κ1) is 15.8. The fourth-order valence-electron chi connectivity index (χ4n) is 3.96. The fraction of sp³-hybridized carbons (Fsp3) is 0.0435. The maximum absolute atomic E-state index is 12.1. The third-order valence-corrected chi connectivity index (χ3v) is 6.22. The van der Waals surface area contributed by atoms with E-state index in [1.54, 1.807) is 11.3 Å². The zero-order valence-electron chi connectivity index (χ0n) is 13.8. The topological polar surface area (TPSA) is 20.2 Å². The average molecular weight is 375 g/mol. The molecule has 126 valence electrons. The molecule has 0 aliphatic heterocycles. The summed E-state index contributed by atoms with van der Waals surface area (Å²) in [4.78, 5) is 1.12. The summed E-state index contributed by atoms with van der Waals surface area (Å²) in [5.41, 5.74) is 4.56. The van der Waals surface area contributed by atoms with Crippen LogP contribution in [0.4, 0.5) is 0 Å². The van der Waals surface area contributed by atoms with E-state index in [1.807, 2.05) is 66.0 Å². The lowest BCUT2D eigenvalue weighted by molar-refractivity contribution is 0.131. The molecular weight excluding hydrogens is 360 g/mol. The minimum Gasteiger partial charge on any atom is -0.376 e. The van der Waals surface area contributed by atoms with Gasteiger partial charge in [0.2, 0.25) is 0 Å². The number of thiophene rings is 1. The Kier molecular flexibility index (Phi) is 3.54. The van der Waals surface area contributed by atoms with Gasteiger partial charge in [0.15, 0.2) is 0 Å². The molecule has 0 saturated carbocycles. The molecule has 5 rings (SSSR count). The second kappa shape index (κ2) is 5.82. The van der Waals surface area contributed by atoms with Crippen molar-refractivity contribution in [2.45, 2.75) is 5.60 Å². The number of rotatable bonds is 2. The lowest BCUT2D eigenvalue weighted by atomic mass is 9.81. The van der Waals surface area contributed by atoms with Gasteiger partial charge in [-0.15, -0.1) is 11.3 Å². The number of hydrogen-bond donors (Lipinski definition) is 1. The maximum atomic E-state index is 12.1. The van der Waals surface area contributed by atoms with Gasteiger partial charge in [0.05, 0.1) is 0 Å². The first-order valence-electron chi connectivity index (χ1n) is 8.45. The predicted molar refractivity (Wildman–Crippen MR) is 109 cm³/mol. The number of benzene rings is 3. The number of hydrogen-bond acceptors (Lipinski definition) is 2.